The van der Waals surface area contributed by atoms with Crippen molar-refractivity contribution < 1.29 is 0 Å². The topological polar surface area (TPSA) is 0 Å². The molecule has 0 radical (unpaired) electrons. The van der Waals surface area contributed by atoms with Gasteiger partial charge in [0.15, 0.2) is 0 Å². The summed E-state index contributed by atoms with van der Waals surface area (Å²) in [7, 11) is 0. The molecule has 0 bridgehead atoms. The summed E-state index contributed by atoms with van der Waals surface area (Å²) in [5.74, 6) is 2.83. The van der Waals surface area contributed by atoms with Gasteiger partial charge < -0.3 is 0 Å². The third-order valence-electron chi connectivity index (χ3n) is 7.29. The molecule has 1 atom stereocenters. The summed E-state index contributed by atoms with van der Waals surface area (Å²) >= 11 is 0. The summed E-state index contributed by atoms with van der Waals surface area (Å²) in [6.45, 7) is 4.65. The lowest BCUT2D eigenvalue weighted by atomic mass is 9.75. The second-order valence-electron chi connectivity index (χ2n) is 9.35. The third-order valence-corrected chi connectivity index (χ3v) is 7.29. The summed E-state index contributed by atoms with van der Waals surface area (Å²) in [5.41, 5.74) is 5.04. The van der Waals surface area contributed by atoms with Crippen LogP contribution in [0.25, 0.3) is 0 Å². The molecule has 3 rings (SSSR count). The average Bonchev–Trinajstić information content (AvgIpc) is 2.68. The molecule has 0 spiro atoms. The van der Waals surface area contributed by atoms with Crippen molar-refractivity contribution in [3.63, 3.8) is 0 Å². The number of aryl methyl sites for hydroxylation is 1. The van der Waals surface area contributed by atoms with Crippen molar-refractivity contribution >= 4 is 0 Å². The van der Waals surface area contributed by atoms with Crippen molar-refractivity contribution in [1.29, 1.82) is 0 Å². The lowest BCUT2D eigenvalue weighted by Gasteiger charge is -2.30. The Hall–Kier alpha value is -0.780. The zero-order valence-electron chi connectivity index (χ0n) is 17.6. The molecule has 0 amide bonds. The van der Waals surface area contributed by atoms with Crippen molar-refractivity contribution in [2.75, 3.05) is 0 Å². The third kappa shape index (κ3) is 5.61. The van der Waals surface area contributed by atoms with Crippen molar-refractivity contribution in [2.24, 2.45) is 11.8 Å². The molecule has 146 valence electrons. The van der Waals surface area contributed by atoms with E-state index < -0.39 is 0 Å². The van der Waals surface area contributed by atoms with Gasteiger partial charge in [-0.25, -0.2) is 0 Å². The highest BCUT2D eigenvalue weighted by atomic mass is 14.3. The van der Waals surface area contributed by atoms with E-state index in [1.165, 1.54) is 96.3 Å². The van der Waals surface area contributed by atoms with Gasteiger partial charge in [-0.3, -0.25) is 0 Å². The molecule has 26 heavy (non-hydrogen) atoms. The first-order valence-electron chi connectivity index (χ1n) is 11.9. The van der Waals surface area contributed by atoms with Gasteiger partial charge in [-0.2, -0.15) is 0 Å². The van der Waals surface area contributed by atoms with Gasteiger partial charge in [0.1, 0.15) is 0 Å². The number of hydrogen-bond acceptors (Lipinski definition) is 0. The van der Waals surface area contributed by atoms with Crippen molar-refractivity contribution in [3.05, 3.63) is 34.9 Å². The molecule has 0 saturated heterocycles. The molecule has 1 fully saturated rings. The molecule has 0 nitrogen and oxygen atoms in total. The van der Waals surface area contributed by atoms with Gasteiger partial charge in [0, 0.05) is 0 Å². The van der Waals surface area contributed by atoms with Crippen molar-refractivity contribution in [3.8, 4) is 0 Å². The molecule has 1 unspecified atom stereocenters. The van der Waals surface area contributed by atoms with Crippen LogP contribution in [0.3, 0.4) is 0 Å². The van der Waals surface area contributed by atoms with Crippen LogP contribution in [0.15, 0.2) is 18.2 Å². The Morgan fingerprint density at radius 3 is 2.31 bits per heavy atom. The molecule has 0 aromatic heterocycles. The van der Waals surface area contributed by atoms with Crippen molar-refractivity contribution in [2.45, 2.75) is 116 Å². The van der Waals surface area contributed by atoms with E-state index in [9.17, 15) is 0 Å². The molecule has 2 aliphatic rings. The van der Waals surface area contributed by atoms with Crippen LogP contribution in [0.5, 0.6) is 0 Å². The molecular weight excluding hydrogens is 312 g/mol. The van der Waals surface area contributed by atoms with Crippen LogP contribution in [0.4, 0.5) is 0 Å². The van der Waals surface area contributed by atoms with E-state index >= 15 is 0 Å². The predicted octanol–water partition coefficient (Wildman–Crippen LogP) is 8.23. The standard InChI is InChI=1S/C26H42/c1-3-5-6-7-8-10-22-13-16-26-20-25(18-17-24(26)19-22)23-14-11-21(9-4-2)12-15-23/h17-18,20-23H,3-16,19H2,1-2H3. The summed E-state index contributed by atoms with van der Waals surface area (Å²) < 4.78 is 0. The lowest BCUT2D eigenvalue weighted by Crippen LogP contribution is -2.16. The highest BCUT2D eigenvalue weighted by Gasteiger charge is 2.24. The SMILES string of the molecule is CCCCCCCC1CCc2cc(C3CCC(CCC)CC3)ccc2C1. The number of benzene rings is 1. The molecule has 2 aliphatic carbocycles. The second-order valence-corrected chi connectivity index (χ2v) is 9.35. The van der Waals surface area contributed by atoms with E-state index in [4.69, 9.17) is 0 Å². The van der Waals surface area contributed by atoms with Crippen LogP contribution in [0.1, 0.15) is 120 Å². The first kappa shape index (κ1) is 20.0. The summed E-state index contributed by atoms with van der Waals surface area (Å²) in [4.78, 5) is 0. The van der Waals surface area contributed by atoms with Crippen LogP contribution in [-0.2, 0) is 12.8 Å². The van der Waals surface area contributed by atoms with E-state index in [2.05, 4.69) is 32.0 Å². The molecule has 1 saturated carbocycles. The Kier molecular flexibility index (Phi) is 8.08. The van der Waals surface area contributed by atoms with Gasteiger partial charge in [-0.05, 0) is 79.4 Å². The number of rotatable bonds is 9. The molecule has 0 heterocycles. The van der Waals surface area contributed by atoms with Gasteiger partial charge in [0.05, 0.1) is 0 Å². The molecule has 0 heteroatoms. The van der Waals surface area contributed by atoms with Crippen LogP contribution in [0.2, 0.25) is 0 Å². The maximum atomic E-state index is 2.61. The fourth-order valence-corrected chi connectivity index (χ4v) is 5.58. The fourth-order valence-electron chi connectivity index (χ4n) is 5.58. The highest BCUT2D eigenvalue weighted by molar-refractivity contribution is 5.36. The van der Waals surface area contributed by atoms with Crippen LogP contribution in [-0.4, -0.2) is 0 Å². The summed E-state index contributed by atoms with van der Waals surface area (Å²) in [6, 6.07) is 7.61. The number of hydrogen-bond donors (Lipinski definition) is 0. The first-order chi connectivity index (χ1) is 12.8. The average molecular weight is 355 g/mol. The number of unbranched alkanes of at least 4 members (excludes halogenated alkanes) is 4. The largest absolute Gasteiger partial charge is 0.0654 e. The Morgan fingerprint density at radius 1 is 0.731 bits per heavy atom. The van der Waals surface area contributed by atoms with Crippen LogP contribution in [0, 0.1) is 11.8 Å². The predicted molar refractivity (Wildman–Crippen MR) is 115 cm³/mol. The molecule has 1 aromatic rings. The zero-order valence-corrected chi connectivity index (χ0v) is 17.6. The van der Waals surface area contributed by atoms with E-state index in [1.54, 1.807) is 16.7 Å². The minimum atomic E-state index is 0.852. The normalized spacial score (nSPS) is 25.8. The summed E-state index contributed by atoms with van der Waals surface area (Å²) in [6.07, 6.45) is 21.4. The minimum Gasteiger partial charge on any atom is -0.0654 e. The van der Waals surface area contributed by atoms with Gasteiger partial charge in [-0.1, -0.05) is 83.4 Å². The van der Waals surface area contributed by atoms with E-state index in [1.807, 2.05) is 0 Å². The van der Waals surface area contributed by atoms with E-state index in [-0.39, 0.29) is 0 Å². The Bertz CT molecular complexity index is 521. The lowest BCUT2D eigenvalue weighted by molar-refractivity contribution is 0.308. The van der Waals surface area contributed by atoms with Crippen LogP contribution >= 0.6 is 0 Å². The van der Waals surface area contributed by atoms with Crippen LogP contribution < -0.4 is 0 Å². The van der Waals surface area contributed by atoms with Gasteiger partial charge >= 0.3 is 0 Å². The second kappa shape index (κ2) is 10.5. The summed E-state index contributed by atoms with van der Waals surface area (Å²) in [5, 5.41) is 0. The molecular formula is C26H42. The fraction of sp³-hybridized carbons (Fsp3) is 0.769. The maximum Gasteiger partial charge on any atom is -0.0162 e. The minimum absolute atomic E-state index is 0.852. The monoisotopic (exact) mass is 354 g/mol. The van der Waals surface area contributed by atoms with E-state index in [0.717, 1.165) is 17.8 Å². The van der Waals surface area contributed by atoms with Crippen molar-refractivity contribution in [1.82, 2.24) is 0 Å². The molecule has 0 aliphatic heterocycles. The van der Waals surface area contributed by atoms with Gasteiger partial charge in [-0.15, -0.1) is 0 Å². The Labute approximate surface area is 163 Å². The first-order valence-corrected chi connectivity index (χ1v) is 11.9. The Morgan fingerprint density at radius 2 is 1.54 bits per heavy atom. The Balaban J connectivity index is 1.48. The smallest absolute Gasteiger partial charge is 0.0162 e. The van der Waals surface area contributed by atoms with E-state index in [0.29, 0.717) is 0 Å². The molecule has 0 N–H and O–H groups in total. The maximum absolute atomic E-state index is 2.61. The van der Waals surface area contributed by atoms with Gasteiger partial charge in [0.25, 0.3) is 0 Å². The highest BCUT2D eigenvalue weighted by Crippen LogP contribution is 2.39. The quantitative estimate of drug-likeness (QED) is 0.392. The number of fused-ring (bicyclic) bond motifs is 1. The van der Waals surface area contributed by atoms with Gasteiger partial charge in [0.2, 0.25) is 0 Å². The zero-order chi connectivity index (χ0) is 18.2. The molecule has 1 aromatic carbocycles.